The number of esters is 1. The number of amides is 1. The Hall–Kier alpha value is -1.92. The number of carbonyl (C=O) groups excluding carboxylic acids is 2. The minimum absolute atomic E-state index is 0.0665. The normalized spacial score (nSPS) is 13.4. The van der Waals surface area contributed by atoms with Crippen molar-refractivity contribution in [1.29, 1.82) is 0 Å². The zero-order chi connectivity index (χ0) is 45.9. The van der Waals surface area contributed by atoms with Gasteiger partial charge in [-0.15, -0.1) is 0 Å². The van der Waals surface area contributed by atoms with Crippen molar-refractivity contribution in [3.63, 3.8) is 0 Å². The lowest BCUT2D eigenvalue weighted by Gasteiger charge is -2.24. The third kappa shape index (κ3) is 46.4. The number of rotatable bonds is 50. The lowest BCUT2D eigenvalue weighted by molar-refractivity contribution is -0.151. The van der Waals surface area contributed by atoms with E-state index in [4.69, 9.17) is 4.74 Å². The van der Waals surface area contributed by atoms with E-state index in [0.29, 0.717) is 19.3 Å². The van der Waals surface area contributed by atoms with E-state index < -0.39 is 18.2 Å². The number of allylic oxidation sites excluding steroid dienone is 6. The summed E-state index contributed by atoms with van der Waals surface area (Å²) in [6.45, 7) is 6.40. The average Bonchev–Trinajstić information content (AvgIpc) is 3.28. The first-order chi connectivity index (χ1) is 31.0. The standard InChI is InChI=1S/C57H107NO5/c1-4-7-10-13-16-19-22-25-28-29-31-34-37-40-43-46-49-55(60)54(52-59)58-56(61)51-53(48-45-42-39-36-33-30-26-23-20-17-14-11-8-5-2)63-57(62)50-47-44-41-38-35-32-27-24-21-18-15-12-9-6-3/h9,12,18,21,30,33,53-55,59-60H,4-8,10-11,13-17,19-20,22-29,31-32,34-52H2,1-3H3,(H,58,61)/b12-9+,21-18+,33-30+. The van der Waals surface area contributed by atoms with Crippen LogP contribution in [0.1, 0.15) is 290 Å². The topological polar surface area (TPSA) is 95.9 Å². The molecule has 0 radical (unpaired) electrons. The summed E-state index contributed by atoms with van der Waals surface area (Å²) in [5.74, 6) is -0.487. The molecule has 3 atom stereocenters. The molecular weight excluding hydrogens is 779 g/mol. The Labute approximate surface area is 392 Å². The van der Waals surface area contributed by atoms with Crippen LogP contribution in [-0.2, 0) is 14.3 Å². The predicted molar refractivity (Wildman–Crippen MR) is 273 cm³/mol. The third-order valence-electron chi connectivity index (χ3n) is 12.7. The van der Waals surface area contributed by atoms with Crippen LogP contribution in [0.5, 0.6) is 0 Å². The van der Waals surface area contributed by atoms with Gasteiger partial charge in [0.15, 0.2) is 0 Å². The highest BCUT2D eigenvalue weighted by Gasteiger charge is 2.24. The Morgan fingerprint density at radius 3 is 1.32 bits per heavy atom. The van der Waals surface area contributed by atoms with Crippen molar-refractivity contribution >= 4 is 11.9 Å². The van der Waals surface area contributed by atoms with E-state index in [-0.39, 0.29) is 24.9 Å². The van der Waals surface area contributed by atoms with Gasteiger partial charge in [0, 0.05) is 6.42 Å². The number of aliphatic hydroxyl groups excluding tert-OH is 2. The highest BCUT2D eigenvalue weighted by Crippen LogP contribution is 2.18. The van der Waals surface area contributed by atoms with Gasteiger partial charge in [0.2, 0.25) is 5.91 Å². The molecule has 3 unspecified atom stereocenters. The van der Waals surface area contributed by atoms with Crippen LogP contribution in [0.25, 0.3) is 0 Å². The molecule has 6 heteroatoms. The number of hydrogen-bond acceptors (Lipinski definition) is 5. The molecular formula is C57H107NO5. The van der Waals surface area contributed by atoms with E-state index in [1.165, 1.54) is 167 Å². The first-order valence-electron chi connectivity index (χ1n) is 27.7. The molecule has 0 saturated carbocycles. The highest BCUT2D eigenvalue weighted by atomic mass is 16.5. The van der Waals surface area contributed by atoms with Gasteiger partial charge >= 0.3 is 5.97 Å². The molecule has 0 bridgehead atoms. The Bertz CT molecular complexity index is 1040. The molecule has 370 valence electrons. The summed E-state index contributed by atoms with van der Waals surface area (Å²) < 4.78 is 5.94. The fourth-order valence-electron chi connectivity index (χ4n) is 8.52. The van der Waals surface area contributed by atoms with Crippen molar-refractivity contribution < 1.29 is 24.5 Å². The van der Waals surface area contributed by atoms with Crippen LogP contribution in [-0.4, -0.2) is 46.9 Å². The van der Waals surface area contributed by atoms with E-state index in [1.54, 1.807) is 0 Å². The van der Waals surface area contributed by atoms with Gasteiger partial charge in [-0.3, -0.25) is 9.59 Å². The molecule has 0 aromatic heterocycles. The van der Waals surface area contributed by atoms with Crippen LogP contribution in [0.2, 0.25) is 0 Å². The van der Waals surface area contributed by atoms with E-state index in [2.05, 4.69) is 62.5 Å². The van der Waals surface area contributed by atoms with Crippen LogP contribution in [0.4, 0.5) is 0 Å². The summed E-state index contributed by atoms with van der Waals surface area (Å²) in [6, 6.07) is -0.706. The van der Waals surface area contributed by atoms with Crippen LogP contribution in [0.15, 0.2) is 36.5 Å². The van der Waals surface area contributed by atoms with E-state index in [0.717, 1.165) is 77.0 Å². The summed E-state index contributed by atoms with van der Waals surface area (Å²) in [5.41, 5.74) is 0. The average molecular weight is 886 g/mol. The third-order valence-corrected chi connectivity index (χ3v) is 12.7. The molecule has 6 nitrogen and oxygen atoms in total. The Kier molecular flexibility index (Phi) is 49.5. The first kappa shape index (κ1) is 61.1. The maximum atomic E-state index is 13.2. The maximum absolute atomic E-state index is 13.2. The Balaban J connectivity index is 4.54. The first-order valence-corrected chi connectivity index (χ1v) is 27.7. The van der Waals surface area contributed by atoms with Crippen molar-refractivity contribution in [1.82, 2.24) is 5.32 Å². The molecule has 0 aliphatic heterocycles. The maximum Gasteiger partial charge on any atom is 0.306 e. The number of carbonyl (C=O) groups is 2. The van der Waals surface area contributed by atoms with Gasteiger partial charge in [0.05, 0.1) is 25.2 Å². The van der Waals surface area contributed by atoms with Gasteiger partial charge in [-0.1, -0.05) is 237 Å². The molecule has 0 saturated heterocycles. The van der Waals surface area contributed by atoms with Crippen LogP contribution in [0, 0.1) is 0 Å². The number of nitrogens with one attached hydrogen (secondary N) is 1. The van der Waals surface area contributed by atoms with Crippen molar-refractivity contribution in [3.05, 3.63) is 36.5 Å². The molecule has 0 aliphatic carbocycles. The van der Waals surface area contributed by atoms with Crippen molar-refractivity contribution in [2.75, 3.05) is 6.61 Å². The minimum atomic E-state index is -0.791. The SMILES string of the molecule is CC/C=C/C/C=C/CCCCCCCCCC(=O)OC(CCCCC/C=C/CCCCCCCCC)CC(=O)NC(CO)C(O)CCCCCCCCCCCCCCCCCC. The minimum Gasteiger partial charge on any atom is -0.462 e. The zero-order valence-corrected chi connectivity index (χ0v) is 42.2. The molecule has 3 N–H and O–H groups in total. The van der Waals surface area contributed by atoms with Crippen molar-refractivity contribution in [2.24, 2.45) is 0 Å². The molecule has 0 heterocycles. The van der Waals surface area contributed by atoms with Gasteiger partial charge in [-0.05, 0) is 77.0 Å². The summed E-state index contributed by atoms with van der Waals surface area (Å²) in [4.78, 5) is 26.2. The predicted octanol–water partition coefficient (Wildman–Crippen LogP) is 16.8. The lowest BCUT2D eigenvalue weighted by Crippen LogP contribution is -2.46. The smallest absolute Gasteiger partial charge is 0.306 e. The largest absolute Gasteiger partial charge is 0.462 e. The van der Waals surface area contributed by atoms with Gasteiger partial charge in [0.1, 0.15) is 6.10 Å². The second kappa shape index (κ2) is 51.1. The quantitative estimate of drug-likeness (QED) is 0.0321. The molecule has 0 aromatic carbocycles. The number of ether oxygens (including phenoxy) is 1. The summed E-state index contributed by atoms with van der Waals surface area (Å²) in [6.07, 6.45) is 60.6. The van der Waals surface area contributed by atoms with Crippen LogP contribution in [0.3, 0.4) is 0 Å². The Morgan fingerprint density at radius 1 is 0.476 bits per heavy atom. The number of unbranched alkanes of at least 4 members (excludes halogenated alkanes) is 32. The number of hydrogen-bond donors (Lipinski definition) is 3. The highest BCUT2D eigenvalue weighted by molar-refractivity contribution is 5.77. The van der Waals surface area contributed by atoms with E-state index >= 15 is 0 Å². The monoisotopic (exact) mass is 886 g/mol. The molecule has 0 spiro atoms. The zero-order valence-electron chi connectivity index (χ0n) is 42.2. The summed E-state index contributed by atoms with van der Waals surface area (Å²) in [5, 5.41) is 23.9. The van der Waals surface area contributed by atoms with Gasteiger partial charge < -0.3 is 20.3 Å². The molecule has 0 fully saturated rings. The van der Waals surface area contributed by atoms with Gasteiger partial charge in [-0.25, -0.2) is 0 Å². The molecule has 1 amide bonds. The molecule has 0 aromatic rings. The van der Waals surface area contributed by atoms with Crippen LogP contribution >= 0.6 is 0 Å². The lowest BCUT2D eigenvalue weighted by atomic mass is 10.0. The summed E-state index contributed by atoms with van der Waals surface area (Å²) in [7, 11) is 0. The fraction of sp³-hybridized carbons (Fsp3) is 0.860. The second-order valence-electron chi connectivity index (χ2n) is 19.0. The fourth-order valence-corrected chi connectivity index (χ4v) is 8.52. The summed E-state index contributed by atoms with van der Waals surface area (Å²) >= 11 is 0. The van der Waals surface area contributed by atoms with Crippen molar-refractivity contribution in [3.8, 4) is 0 Å². The van der Waals surface area contributed by atoms with Gasteiger partial charge in [-0.2, -0.15) is 0 Å². The Morgan fingerprint density at radius 2 is 0.857 bits per heavy atom. The molecule has 63 heavy (non-hydrogen) atoms. The van der Waals surface area contributed by atoms with E-state index in [1.807, 2.05) is 0 Å². The van der Waals surface area contributed by atoms with E-state index in [9.17, 15) is 19.8 Å². The molecule has 0 aliphatic rings. The van der Waals surface area contributed by atoms with Gasteiger partial charge in [0.25, 0.3) is 0 Å². The number of aliphatic hydroxyl groups is 2. The second-order valence-corrected chi connectivity index (χ2v) is 19.0. The van der Waals surface area contributed by atoms with Crippen LogP contribution < -0.4 is 5.32 Å². The molecule has 0 rings (SSSR count). The van der Waals surface area contributed by atoms with Crippen molar-refractivity contribution in [2.45, 2.75) is 309 Å².